The smallest absolute Gasteiger partial charge is 0.234 e. The number of carbonyl (C=O) groups excluding carboxylic acids is 1. The van der Waals surface area contributed by atoms with Crippen molar-refractivity contribution in [3.05, 3.63) is 82.5 Å². The molecule has 0 spiro atoms. The summed E-state index contributed by atoms with van der Waals surface area (Å²) in [6, 6.07) is 19.4. The molecule has 0 fully saturated rings. The molecule has 0 bridgehead atoms. The molecule has 4 aromatic rings. The minimum Gasteiger partial charge on any atom is -0.324 e. The molecule has 0 saturated heterocycles. The number of carbonyl (C=O) groups is 1. The molecule has 0 aliphatic heterocycles. The first-order valence-electron chi connectivity index (χ1n) is 9.64. The lowest BCUT2D eigenvalue weighted by molar-refractivity contribution is -0.113. The number of nitrogens with one attached hydrogen (secondary N) is 1. The third kappa shape index (κ3) is 4.86. The molecule has 2 aromatic carbocycles. The van der Waals surface area contributed by atoms with Gasteiger partial charge in [-0.05, 0) is 65.7 Å². The van der Waals surface area contributed by atoms with Crippen molar-refractivity contribution >= 4 is 39.3 Å². The number of aryl methyl sites for hydroxylation is 2. The van der Waals surface area contributed by atoms with E-state index in [0.29, 0.717) is 11.0 Å². The van der Waals surface area contributed by atoms with Crippen molar-refractivity contribution in [3.63, 3.8) is 0 Å². The zero-order chi connectivity index (χ0) is 21.8. The first-order chi connectivity index (χ1) is 15.0. The van der Waals surface area contributed by atoms with Crippen molar-refractivity contribution in [1.82, 2.24) is 19.7 Å². The van der Waals surface area contributed by atoms with E-state index in [1.807, 2.05) is 53.1 Å². The lowest BCUT2D eigenvalue weighted by Crippen LogP contribution is -2.15. The van der Waals surface area contributed by atoms with Crippen molar-refractivity contribution in [3.8, 4) is 17.2 Å². The van der Waals surface area contributed by atoms with Crippen molar-refractivity contribution in [2.24, 2.45) is 0 Å². The Morgan fingerprint density at radius 1 is 1.06 bits per heavy atom. The standard InChI is InChI=1S/C23H20BrN5OS/c1-15-10-11-20(16(2)13-15)29-22(19-9-5-6-12-25-19)27-28-23(29)31-14-21(30)26-18-8-4-3-7-17(18)24/h3-13H,14H2,1-2H3,(H,26,30). The second-order valence-electron chi connectivity index (χ2n) is 6.96. The van der Waals surface area contributed by atoms with Gasteiger partial charge in [0.05, 0.1) is 17.1 Å². The molecular weight excluding hydrogens is 474 g/mol. The van der Waals surface area contributed by atoms with Crippen LogP contribution in [-0.4, -0.2) is 31.4 Å². The molecule has 1 N–H and O–H groups in total. The summed E-state index contributed by atoms with van der Waals surface area (Å²) in [5.41, 5.74) is 4.69. The first kappa shape index (κ1) is 21.3. The second-order valence-corrected chi connectivity index (χ2v) is 8.76. The maximum atomic E-state index is 12.6. The normalized spacial score (nSPS) is 10.8. The summed E-state index contributed by atoms with van der Waals surface area (Å²) in [5.74, 6) is 0.722. The molecule has 31 heavy (non-hydrogen) atoms. The largest absolute Gasteiger partial charge is 0.324 e. The molecule has 4 rings (SSSR count). The zero-order valence-corrected chi connectivity index (χ0v) is 19.4. The van der Waals surface area contributed by atoms with E-state index >= 15 is 0 Å². The van der Waals surface area contributed by atoms with Gasteiger partial charge in [0, 0.05) is 10.7 Å². The Morgan fingerprint density at radius 2 is 1.87 bits per heavy atom. The van der Waals surface area contributed by atoms with Crippen LogP contribution in [0.3, 0.4) is 0 Å². The quantitative estimate of drug-likeness (QED) is 0.362. The number of anilines is 1. The van der Waals surface area contributed by atoms with Crippen LogP contribution in [0.1, 0.15) is 11.1 Å². The Labute approximate surface area is 193 Å². The molecule has 2 aromatic heterocycles. The van der Waals surface area contributed by atoms with Gasteiger partial charge in [-0.25, -0.2) is 0 Å². The van der Waals surface area contributed by atoms with Crippen LogP contribution in [0.15, 0.2) is 76.5 Å². The van der Waals surface area contributed by atoms with E-state index in [-0.39, 0.29) is 11.7 Å². The van der Waals surface area contributed by atoms with E-state index in [4.69, 9.17) is 0 Å². The minimum atomic E-state index is -0.119. The van der Waals surface area contributed by atoms with Gasteiger partial charge in [-0.1, -0.05) is 47.7 Å². The van der Waals surface area contributed by atoms with Crippen molar-refractivity contribution in [2.75, 3.05) is 11.1 Å². The van der Waals surface area contributed by atoms with Gasteiger partial charge >= 0.3 is 0 Å². The van der Waals surface area contributed by atoms with Crippen LogP contribution in [0.25, 0.3) is 17.2 Å². The number of amides is 1. The molecule has 0 aliphatic carbocycles. The molecule has 0 aliphatic rings. The molecule has 8 heteroatoms. The summed E-state index contributed by atoms with van der Waals surface area (Å²) in [4.78, 5) is 17.0. The van der Waals surface area contributed by atoms with Gasteiger partial charge in [-0.3, -0.25) is 14.3 Å². The lowest BCUT2D eigenvalue weighted by atomic mass is 10.1. The summed E-state index contributed by atoms with van der Waals surface area (Å²) >= 11 is 4.79. The number of aromatic nitrogens is 4. The summed E-state index contributed by atoms with van der Waals surface area (Å²) in [6.45, 7) is 4.11. The minimum absolute atomic E-state index is 0.119. The molecule has 0 radical (unpaired) electrons. The Balaban J connectivity index is 1.64. The van der Waals surface area contributed by atoms with Gasteiger partial charge in [0.1, 0.15) is 5.69 Å². The van der Waals surface area contributed by atoms with Crippen LogP contribution >= 0.6 is 27.7 Å². The van der Waals surface area contributed by atoms with Gasteiger partial charge in [0.2, 0.25) is 5.91 Å². The summed E-state index contributed by atoms with van der Waals surface area (Å²) in [7, 11) is 0. The lowest BCUT2D eigenvalue weighted by Gasteiger charge is -2.13. The molecule has 1 amide bonds. The number of rotatable bonds is 6. The topological polar surface area (TPSA) is 72.7 Å². The van der Waals surface area contributed by atoms with Crippen LogP contribution in [0.4, 0.5) is 5.69 Å². The van der Waals surface area contributed by atoms with Gasteiger partial charge in [0.25, 0.3) is 0 Å². The van der Waals surface area contributed by atoms with E-state index in [1.54, 1.807) is 6.20 Å². The molecule has 0 atom stereocenters. The van der Waals surface area contributed by atoms with Crippen LogP contribution in [0.2, 0.25) is 0 Å². The Morgan fingerprint density at radius 3 is 2.61 bits per heavy atom. The number of halogens is 1. The molecule has 156 valence electrons. The molecular formula is C23H20BrN5OS. The fraction of sp³-hybridized carbons (Fsp3) is 0.130. The number of thioether (sulfide) groups is 1. The average Bonchev–Trinajstić information content (AvgIpc) is 3.18. The van der Waals surface area contributed by atoms with Crippen molar-refractivity contribution in [1.29, 1.82) is 0 Å². The fourth-order valence-corrected chi connectivity index (χ4v) is 4.31. The highest BCUT2D eigenvalue weighted by atomic mass is 79.9. The number of nitrogens with zero attached hydrogens (tertiary/aromatic N) is 4. The van der Waals surface area contributed by atoms with E-state index in [2.05, 4.69) is 62.4 Å². The maximum Gasteiger partial charge on any atom is 0.234 e. The summed E-state index contributed by atoms with van der Waals surface area (Å²) in [6.07, 6.45) is 1.73. The highest BCUT2D eigenvalue weighted by Gasteiger charge is 2.19. The Kier molecular flexibility index (Phi) is 6.48. The van der Waals surface area contributed by atoms with Gasteiger partial charge in [-0.15, -0.1) is 10.2 Å². The zero-order valence-electron chi connectivity index (χ0n) is 17.0. The first-order valence-corrected chi connectivity index (χ1v) is 11.4. The summed E-state index contributed by atoms with van der Waals surface area (Å²) in [5, 5.41) is 12.3. The van der Waals surface area contributed by atoms with Crippen LogP contribution in [0.5, 0.6) is 0 Å². The molecule has 0 unspecified atom stereocenters. The predicted molar refractivity (Wildman–Crippen MR) is 128 cm³/mol. The highest BCUT2D eigenvalue weighted by Crippen LogP contribution is 2.29. The summed E-state index contributed by atoms with van der Waals surface area (Å²) < 4.78 is 2.80. The SMILES string of the molecule is Cc1ccc(-n2c(SCC(=O)Nc3ccccc3Br)nnc2-c2ccccn2)c(C)c1. The predicted octanol–water partition coefficient (Wildman–Crippen LogP) is 5.44. The van der Waals surface area contributed by atoms with Crippen molar-refractivity contribution < 1.29 is 4.79 Å². The Hall–Kier alpha value is -2.97. The van der Waals surface area contributed by atoms with Crippen LogP contribution in [-0.2, 0) is 4.79 Å². The van der Waals surface area contributed by atoms with E-state index in [1.165, 1.54) is 17.3 Å². The number of hydrogen-bond acceptors (Lipinski definition) is 5. The molecule has 0 saturated carbocycles. The fourth-order valence-electron chi connectivity index (χ4n) is 3.18. The molecule has 6 nitrogen and oxygen atoms in total. The number of pyridine rings is 1. The monoisotopic (exact) mass is 493 g/mol. The van der Waals surface area contributed by atoms with Gasteiger partial charge in [0.15, 0.2) is 11.0 Å². The number of para-hydroxylation sites is 1. The van der Waals surface area contributed by atoms with E-state index in [9.17, 15) is 4.79 Å². The average molecular weight is 494 g/mol. The number of hydrogen-bond donors (Lipinski definition) is 1. The van der Waals surface area contributed by atoms with Gasteiger partial charge < -0.3 is 5.32 Å². The van der Waals surface area contributed by atoms with E-state index < -0.39 is 0 Å². The Bertz CT molecular complexity index is 1230. The van der Waals surface area contributed by atoms with Crippen molar-refractivity contribution in [2.45, 2.75) is 19.0 Å². The van der Waals surface area contributed by atoms with Crippen LogP contribution < -0.4 is 5.32 Å². The maximum absolute atomic E-state index is 12.6. The molecule has 2 heterocycles. The van der Waals surface area contributed by atoms with E-state index in [0.717, 1.165) is 27.1 Å². The highest BCUT2D eigenvalue weighted by molar-refractivity contribution is 9.10. The second kappa shape index (κ2) is 9.45. The van der Waals surface area contributed by atoms with Crippen LogP contribution in [0, 0.1) is 13.8 Å². The third-order valence-corrected chi connectivity index (χ3v) is 6.22. The van der Waals surface area contributed by atoms with Gasteiger partial charge in [-0.2, -0.15) is 0 Å². The number of benzene rings is 2. The third-order valence-electron chi connectivity index (χ3n) is 4.60.